The fourth-order valence-corrected chi connectivity index (χ4v) is 5.03. The van der Waals surface area contributed by atoms with E-state index in [9.17, 15) is 13.2 Å². The van der Waals surface area contributed by atoms with E-state index in [-0.39, 0.29) is 10.8 Å². The Bertz CT molecular complexity index is 1150. The van der Waals surface area contributed by atoms with E-state index in [2.05, 4.69) is 15.5 Å². The predicted octanol–water partition coefficient (Wildman–Crippen LogP) is 3.47. The highest BCUT2D eigenvalue weighted by Gasteiger charge is 2.27. The van der Waals surface area contributed by atoms with Crippen molar-refractivity contribution in [2.75, 3.05) is 18.4 Å². The number of hydrogen-bond donors (Lipinski definition) is 1. The molecule has 0 radical (unpaired) electrons. The molecule has 1 amide bonds. The van der Waals surface area contributed by atoms with Crippen molar-refractivity contribution in [1.82, 2.24) is 14.5 Å². The molecule has 1 N–H and O–H groups in total. The van der Waals surface area contributed by atoms with Crippen molar-refractivity contribution in [1.29, 1.82) is 0 Å². The molecule has 0 aliphatic carbocycles. The van der Waals surface area contributed by atoms with Gasteiger partial charge in [0.15, 0.2) is 0 Å². The summed E-state index contributed by atoms with van der Waals surface area (Å²) < 4.78 is 32.6. The molecule has 0 atom stereocenters. The van der Waals surface area contributed by atoms with E-state index in [1.807, 2.05) is 0 Å². The highest BCUT2D eigenvalue weighted by Crippen LogP contribution is 2.24. The Morgan fingerprint density at radius 3 is 2.63 bits per heavy atom. The predicted molar refractivity (Wildman–Crippen MR) is 111 cm³/mol. The van der Waals surface area contributed by atoms with Crippen LogP contribution in [0.3, 0.4) is 0 Å². The third kappa shape index (κ3) is 4.12. The maximum atomic E-state index is 13.0. The van der Waals surface area contributed by atoms with Crippen molar-refractivity contribution < 1.29 is 17.6 Å². The van der Waals surface area contributed by atoms with E-state index >= 15 is 0 Å². The molecule has 8 nitrogen and oxygen atoms in total. The summed E-state index contributed by atoms with van der Waals surface area (Å²) in [7, 11) is -3.62. The average Bonchev–Trinajstić information content (AvgIpc) is 3.30. The number of piperidine rings is 1. The van der Waals surface area contributed by atoms with Crippen LogP contribution in [0.4, 0.5) is 5.69 Å². The van der Waals surface area contributed by atoms with Crippen LogP contribution in [0.5, 0.6) is 0 Å². The molecule has 156 valence electrons. The van der Waals surface area contributed by atoms with E-state index < -0.39 is 10.0 Å². The van der Waals surface area contributed by atoms with Gasteiger partial charge < -0.3 is 9.73 Å². The molecule has 1 fully saturated rings. The number of anilines is 1. The van der Waals surface area contributed by atoms with Crippen molar-refractivity contribution in [2.45, 2.75) is 31.1 Å². The van der Waals surface area contributed by atoms with Crippen molar-refractivity contribution >= 4 is 21.6 Å². The van der Waals surface area contributed by atoms with E-state index in [1.54, 1.807) is 43.3 Å². The quantitative estimate of drug-likeness (QED) is 0.670. The van der Waals surface area contributed by atoms with Gasteiger partial charge in [-0.25, -0.2) is 8.42 Å². The lowest BCUT2D eigenvalue weighted by Gasteiger charge is -2.26. The second kappa shape index (κ2) is 8.37. The zero-order valence-corrected chi connectivity index (χ0v) is 17.4. The molecule has 2 aromatic carbocycles. The van der Waals surface area contributed by atoms with Crippen LogP contribution < -0.4 is 5.32 Å². The molecule has 1 aliphatic heterocycles. The van der Waals surface area contributed by atoms with Crippen molar-refractivity contribution in [2.24, 2.45) is 0 Å². The van der Waals surface area contributed by atoms with Gasteiger partial charge >= 0.3 is 0 Å². The number of aryl methyl sites for hydroxylation is 1. The summed E-state index contributed by atoms with van der Waals surface area (Å²) >= 11 is 0. The molecule has 0 saturated carbocycles. The number of nitrogens with zero attached hydrogens (tertiary/aromatic N) is 3. The highest BCUT2D eigenvalue weighted by molar-refractivity contribution is 7.89. The highest BCUT2D eigenvalue weighted by atomic mass is 32.2. The minimum absolute atomic E-state index is 0.139. The fraction of sp³-hybridized carbons (Fsp3) is 0.286. The number of sulfonamides is 1. The third-order valence-electron chi connectivity index (χ3n) is 5.13. The smallest absolute Gasteiger partial charge is 0.255 e. The SMILES string of the molecule is Cc1ccc(S(=O)(=O)N2CCCCC2)cc1C(=O)Nc1cccc(-c2nnco2)c1. The first kappa shape index (κ1) is 20.2. The standard InChI is InChI=1S/C21H22N4O4S/c1-15-8-9-18(30(27,28)25-10-3-2-4-11-25)13-19(15)20(26)23-17-7-5-6-16(12-17)21-24-22-14-29-21/h5-9,12-14H,2-4,10-11H2,1H3,(H,23,26). The normalized spacial score (nSPS) is 15.1. The van der Waals surface area contributed by atoms with E-state index in [4.69, 9.17) is 4.42 Å². The van der Waals surface area contributed by atoms with Crippen LogP contribution in [0.2, 0.25) is 0 Å². The largest absolute Gasteiger partial charge is 0.423 e. The van der Waals surface area contributed by atoms with Gasteiger partial charge in [-0.3, -0.25) is 4.79 Å². The lowest BCUT2D eigenvalue weighted by molar-refractivity contribution is 0.102. The van der Waals surface area contributed by atoms with Gasteiger partial charge in [0.25, 0.3) is 5.91 Å². The van der Waals surface area contributed by atoms with Crippen LogP contribution in [0.15, 0.2) is 58.2 Å². The Hall–Kier alpha value is -3.04. The van der Waals surface area contributed by atoms with Crippen LogP contribution in [-0.4, -0.2) is 41.9 Å². The summed E-state index contributed by atoms with van der Waals surface area (Å²) in [6.07, 6.45) is 3.98. The molecule has 0 spiro atoms. The van der Waals surface area contributed by atoms with Crippen molar-refractivity contribution in [3.8, 4) is 11.5 Å². The van der Waals surface area contributed by atoms with Crippen LogP contribution in [0.25, 0.3) is 11.5 Å². The maximum Gasteiger partial charge on any atom is 0.255 e. The van der Waals surface area contributed by atoms with Crippen LogP contribution in [0.1, 0.15) is 35.2 Å². The molecule has 1 saturated heterocycles. The number of carbonyl (C=O) groups excluding carboxylic acids is 1. The van der Waals surface area contributed by atoms with Gasteiger partial charge in [0.2, 0.25) is 22.3 Å². The Kier molecular flexibility index (Phi) is 5.65. The number of hydrogen-bond acceptors (Lipinski definition) is 6. The summed E-state index contributed by atoms with van der Waals surface area (Å²) in [4.78, 5) is 13.1. The Labute approximate surface area is 175 Å². The zero-order valence-electron chi connectivity index (χ0n) is 16.5. The fourth-order valence-electron chi connectivity index (χ4n) is 3.49. The van der Waals surface area contributed by atoms with Crippen LogP contribution in [-0.2, 0) is 10.0 Å². The van der Waals surface area contributed by atoms with Gasteiger partial charge in [0, 0.05) is 29.9 Å². The van der Waals surface area contributed by atoms with E-state index in [0.29, 0.717) is 41.4 Å². The van der Waals surface area contributed by atoms with Crippen molar-refractivity contribution in [3.05, 3.63) is 60.0 Å². The summed E-state index contributed by atoms with van der Waals surface area (Å²) in [5.74, 6) is -0.0391. The molecule has 3 aromatic rings. The number of nitrogens with one attached hydrogen (secondary N) is 1. The zero-order chi connectivity index (χ0) is 21.1. The second-order valence-electron chi connectivity index (χ2n) is 7.22. The lowest BCUT2D eigenvalue weighted by Crippen LogP contribution is -2.35. The first-order chi connectivity index (χ1) is 14.4. The summed E-state index contributed by atoms with van der Waals surface area (Å²) in [6.45, 7) is 2.81. The molecule has 1 aliphatic rings. The second-order valence-corrected chi connectivity index (χ2v) is 9.16. The molecular formula is C21H22N4O4S. The summed E-state index contributed by atoms with van der Waals surface area (Å²) in [5.41, 5.74) is 2.22. The molecular weight excluding hydrogens is 404 g/mol. The maximum absolute atomic E-state index is 13.0. The first-order valence-corrected chi connectivity index (χ1v) is 11.2. The van der Waals surface area contributed by atoms with Gasteiger partial charge in [-0.2, -0.15) is 4.31 Å². The molecule has 1 aromatic heterocycles. The molecule has 0 bridgehead atoms. The Morgan fingerprint density at radius 1 is 1.10 bits per heavy atom. The Balaban J connectivity index is 1.59. The number of rotatable bonds is 5. The molecule has 4 rings (SSSR count). The third-order valence-corrected chi connectivity index (χ3v) is 7.03. The van der Waals surface area contributed by atoms with Gasteiger partial charge in [-0.1, -0.05) is 18.6 Å². The molecule has 30 heavy (non-hydrogen) atoms. The number of amides is 1. The number of benzene rings is 2. The topological polar surface area (TPSA) is 105 Å². The van der Waals surface area contributed by atoms with Gasteiger partial charge in [-0.05, 0) is 55.7 Å². The number of aromatic nitrogens is 2. The minimum Gasteiger partial charge on any atom is -0.423 e. The monoisotopic (exact) mass is 426 g/mol. The molecule has 2 heterocycles. The summed E-state index contributed by atoms with van der Waals surface area (Å²) in [6, 6.07) is 11.7. The van der Waals surface area contributed by atoms with Gasteiger partial charge in [-0.15, -0.1) is 10.2 Å². The van der Waals surface area contributed by atoms with E-state index in [0.717, 1.165) is 19.3 Å². The van der Waals surface area contributed by atoms with Crippen LogP contribution >= 0.6 is 0 Å². The minimum atomic E-state index is -3.62. The summed E-state index contributed by atoms with van der Waals surface area (Å²) in [5, 5.41) is 10.3. The number of carbonyl (C=O) groups is 1. The van der Waals surface area contributed by atoms with E-state index in [1.165, 1.54) is 16.8 Å². The average molecular weight is 426 g/mol. The van der Waals surface area contributed by atoms with Gasteiger partial charge in [0.05, 0.1) is 4.90 Å². The van der Waals surface area contributed by atoms with Crippen molar-refractivity contribution in [3.63, 3.8) is 0 Å². The lowest BCUT2D eigenvalue weighted by atomic mass is 10.1. The first-order valence-electron chi connectivity index (χ1n) is 9.74. The molecule has 0 unspecified atom stereocenters. The van der Waals surface area contributed by atoms with Crippen LogP contribution in [0, 0.1) is 6.92 Å². The van der Waals surface area contributed by atoms with Gasteiger partial charge in [0.1, 0.15) is 0 Å². The Morgan fingerprint density at radius 2 is 1.90 bits per heavy atom. The molecule has 9 heteroatoms.